The van der Waals surface area contributed by atoms with Crippen molar-refractivity contribution < 1.29 is 9.53 Å². The second kappa shape index (κ2) is 8.64. The van der Waals surface area contributed by atoms with E-state index in [-0.39, 0.29) is 12.5 Å². The van der Waals surface area contributed by atoms with E-state index in [4.69, 9.17) is 4.74 Å². The van der Waals surface area contributed by atoms with Crippen LogP contribution < -0.4 is 10.2 Å². The van der Waals surface area contributed by atoms with Crippen LogP contribution in [0.15, 0.2) is 58.2 Å². The topological polar surface area (TPSA) is 79.4 Å². The molecule has 0 bridgehead atoms. The molecule has 0 aliphatic heterocycles. The molecule has 138 valence electrons. The number of ether oxygens (including phenoxy) is 1. The molecule has 2 aromatic carbocycles. The van der Waals surface area contributed by atoms with Crippen molar-refractivity contribution in [2.24, 2.45) is 5.10 Å². The van der Waals surface area contributed by atoms with Gasteiger partial charge in [0.25, 0.3) is 5.91 Å². The number of hydrogen-bond acceptors (Lipinski definition) is 4. The fraction of sp³-hybridized carbons (Fsp3) is 0.150. The molecule has 1 heterocycles. The molecule has 0 unspecified atom stereocenters. The molecule has 0 saturated carbocycles. The molecule has 2 N–H and O–H groups in total. The summed E-state index contributed by atoms with van der Waals surface area (Å²) in [6.07, 6.45) is 3.21. The van der Waals surface area contributed by atoms with Crippen molar-refractivity contribution in [2.75, 3.05) is 6.61 Å². The molecule has 6 nitrogen and oxygen atoms in total. The van der Waals surface area contributed by atoms with Gasteiger partial charge >= 0.3 is 0 Å². The average molecular weight is 427 g/mol. The summed E-state index contributed by atoms with van der Waals surface area (Å²) in [5, 5.41) is 11.0. The number of aryl methyl sites for hydroxylation is 2. The predicted molar refractivity (Wildman–Crippen MR) is 109 cm³/mol. The Morgan fingerprint density at radius 1 is 1.26 bits per heavy atom. The number of benzene rings is 2. The Kier molecular flexibility index (Phi) is 6.03. The number of nitrogens with zero attached hydrogens (tertiary/aromatic N) is 2. The summed E-state index contributed by atoms with van der Waals surface area (Å²) >= 11 is 3.44. The molecule has 3 aromatic rings. The lowest BCUT2D eigenvalue weighted by atomic mass is 10.1. The minimum absolute atomic E-state index is 0.114. The van der Waals surface area contributed by atoms with Gasteiger partial charge in [0.2, 0.25) is 0 Å². The van der Waals surface area contributed by atoms with Crippen molar-refractivity contribution in [3.8, 4) is 17.0 Å². The Morgan fingerprint density at radius 2 is 1.96 bits per heavy atom. The van der Waals surface area contributed by atoms with Gasteiger partial charge in [-0.2, -0.15) is 10.2 Å². The van der Waals surface area contributed by atoms with Crippen molar-refractivity contribution in [1.29, 1.82) is 0 Å². The zero-order valence-corrected chi connectivity index (χ0v) is 16.6. The smallest absolute Gasteiger partial charge is 0.277 e. The molecule has 0 fully saturated rings. The van der Waals surface area contributed by atoms with Crippen molar-refractivity contribution in [1.82, 2.24) is 15.6 Å². The number of hydrazone groups is 1. The van der Waals surface area contributed by atoms with E-state index in [1.54, 1.807) is 12.4 Å². The molecule has 0 aliphatic carbocycles. The summed E-state index contributed by atoms with van der Waals surface area (Å²) in [6, 6.07) is 13.7. The third-order valence-corrected chi connectivity index (χ3v) is 4.35. The molecular formula is C20H19BrN4O2. The van der Waals surface area contributed by atoms with Gasteiger partial charge in [-0.05, 0) is 37.1 Å². The lowest BCUT2D eigenvalue weighted by Gasteiger charge is -2.11. The van der Waals surface area contributed by atoms with Gasteiger partial charge in [-0.1, -0.05) is 46.3 Å². The number of carbonyl (C=O) groups is 1. The Morgan fingerprint density at radius 3 is 2.67 bits per heavy atom. The molecule has 0 spiro atoms. The van der Waals surface area contributed by atoms with Crippen LogP contribution in [0.2, 0.25) is 0 Å². The van der Waals surface area contributed by atoms with E-state index in [1.165, 1.54) is 0 Å². The van der Waals surface area contributed by atoms with Gasteiger partial charge in [0.1, 0.15) is 5.75 Å². The fourth-order valence-electron chi connectivity index (χ4n) is 2.70. The minimum atomic E-state index is -0.335. The third-order valence-electron chi connectivity index (χ3n) is 3.90. The molecule has 1 aromatic heterocycles. The van der Waals surface area contributed by atoms with Crippen molar-refractivity contribution >= 4 is 28.1 Å². The molecule has 0 aliphatic rings. The first kappa shape index (κ1) is 18.8. The van der Waals surface area contributed by atoms with Crippen LogP contribution in [0.3, 0.4) is 0 Å². The van der Waals surface area contributed by atoms with Gasteiger partial charge in [0.05, 0.1) is 18.1 Å². The summed E-state index contributed by atoms with van der Waals surface area (Å²) in [6.45, 7) is 3.76. The number of aromatic nitrogens is 2. The van der Waals surface area contributed by atoms with Crippen LogP contribution in [-0.4, -0.2) is 28.9 Å². The first-order valence-electron chi connectivity index (χ1n) is 8.35. The van der Waals surface area contributed by atoms with E-state index in [2.05, 4.69) is 36.7 Å². The Balaban J connectivity index is 1.58. The zero-order valence-electron chi connectivity index (χ0n) is 15.0. The number of rotatable bonds is 6. The first-order chi connectivity index (χ1) is 13.0. The molecule has 27 heavy (non-hydrogen) atoms. The highest BCUT2D eigenvalue weighted by molar-refractivity contribution is 9.10. The predicted octanol–water partition coefficient (Wildman–Crippen LogP) is 3.99. The van der Waals surface area contributed by atoms with Gasteiger partial charge in [-0.3, -0.25) is 9.89 Å². The molecule has 3 rings (SSSR count). The number of aromatic amines is 1. The highest BCUT2D eigenvalue weighted by Gasteiger charge is 2.09. The number of amides is 1. The Bertz CT molecular complexity index is 944. The fourth-order valence-corrected chi connectivity index (χ4v) is 3.39. The summed E-state index contributed by atoms with van der Waals surface area (Å²) in [5.74, 6) is 0.372. The molecule has 7 heteroatoms. The van der Waals surface area contributed by atoms with Crippen LogP contribution in [0.4, 0.5) is 0 Å². The number of halogens is 1. The van der Waals surface area contributed by atoms with E-state index in [1.807, 2.05) is 56.3 Å². The van der Waals surface area contributed by atoms with E-state index in [0.717, 1.165) is 32.4 Å². The van der Waals surface area contributed by atoms with Crippen LogP contribution in [0, 0.1) is 13.8 Å². The lowest BCUT2D eigenvalue weighted by Crippen LogP contribution is -2.25. The summed E-state index contributed by atoms with van der Waals surface area (Å²) < 4.78 is 6.62. The monoisotopic (exact) mass is 426 g/mol. The quantitative estimate of drug-likeness (QED) is 0.461. The maximum atomic E-state index is 12.0. The van der Waals surface area contributed by atoms with Gasteiger partial charge in [0.15, 0.2) is 6.61 Å². The third kappa shape index (κ3) is 4.83. The molecule has 0 radical (unpaired) electrons. The number of hydrogen-bond donors (Lipinski definition) is 2. The summed E-state index contributed by atoms with van der Waals surface area (Å²) in [5.41, 5.74) is 7.01. The molecule has 0 atom stereocenters. The van der Waals surface area contributed by atoms with Crippen LogP contribution in [0.1, 0.15) is 16.7 Å². The van der Waals surface area contributed by atoms with Crippen LogP contribution >= 0.6 is 15.9 Å². The van der Waals surface area contributed by atoms with Gasteiger partial charge in [0, 0.05) is 15.6 Å². The average Bonchev–Trinajstić information content (AvgIpc) is 3.10. The first-order valence-corrected chi connectivity index (χ1v) is 9.14. The lowest BCUT2D eigenvalue weighted by molar-refractivity contribution is -0.123. The SMILES string of the molecule is Cc1cc(Br)cc(C)c1OCC(=O)N/N=C/c1cn[nH]c1-c1ccccc1. The van der Waals surface area contributed by atoms with Crippen LogP contribution in [0.5, 0.6) is 5.75 Å². The Hall–Kier alpha value is -2.93. The van der Waals surface area contributed by atoms with Gasteiger partial charge in [-0.25, -0.2) is 5.43 Å². The molecular weight excluding hydrogens is 408 g/mol. The highest BCUT2D eigenvalue weighted by Crippen LogP contribution is 2.27. The van der Waals surface area contributed by atoms with Crippen molar-refractivity contribution in [3.63, 3.8) is 0 Å². The van der Waals surface area contributed by atoms with Crippen LogP contribution in [0.25, 0.3) is 11.3 Å². The zero-order chi connectivity index (χ0) is 19.2. The maximum absolute atomic E-state index is 12.0. The second-order valence-corrected chi connectivity index (χ2v) is 6.93. The molecule has 1 amide bonds. The van der Waals surface area contributed by atoms with E-state index < -0.39 is 0 Å². The van der Waals surface area contributed by atoms with Crippen LogP contribution in [-0.2, 0) is 4.79 Å². The Labute approximate surface area is 165 Å². The summed E-state index contributed by atoms with van der Waals surface area (Å²) in [4.78, 5) is 12.0. The van der Waals surface area contributed by atoms with E-state index in [0.29, 0.717) is 5.75 Å². The normalized spacial score (nSPS) is 10.9. The van der Waals surface area contributed by atoms with E-state index >= 15 is 0 Å². The second-order valence-electron chi connectivity index (χ2n) is 6.02. The number of H-pyrrole nitrogens is 1. The molecule has 0 saturated heterocycles. The van der Waals surface area contributed by atoms with Gasteiger partial charge in [-0.15, -0.1) is 0 Å². The van der Waals surface area contributed by atoms with E-state index in [9.17, 15) is 4.79 Å². The highest BCUT2D eigenvalue weighted by atomic mass is 79.9. The van der Waals surface area contributed by atoms with Crippen molar-refractivity contribution in [2.45, 2.75) is 13.8 Å². The standard InChI is InChI=1S/C20H19BrN4O2/c1-13-8-17(21)9-14(2)20(13)27-12-18(26)24-22-10-16-11-23-25-19(16)15-6-4-3-5-7-15/h3-11H,12H2,1-2H3,(H,23,25)(H,24,26)/b22-10+. The van der Waals surface area contributed by atoms with Gasteiger partial charge < -0.3 is 4.74 Å². The van der Waals surface area contributed by atoms with Crippen molar-refractivity contribution in [3.05, 3.63) is 69.8 Å². The maximum Gasteiger partial charge on any atom is 0.277 e. The minimum Gasteiger partial charge on any atom is -0.483 e. The number of carbonyl (C=O) groups excluding carboxylic acids is 1. The summed E-state index contributed by atoms with van der Waals surface area (Å²) in [7, 11) is 0. The largest absolute Gasteiger partial charge is 0.483 e. The number of nitrogens with one attached hydrogen (secondary N) is 2.